The Kier molecular flexibility index (Phi) is 5.75. The van der Waals surface area contributed by atoms with Gasteiger partial charge >= 0.3 is 0 Å². The van der Waals surface area contributed by atoms with Crippen LogP contribution in [-0.4, -0.2) is 25.5 Å². The minimum Gasteiger partial charge on any atom is -0.352 e. The van der Waals surface area contributed by atoms with Crippen LogP contribution in [0.5, 0.6) is 0 Å². The molecule has 0 aromatic heterocycles. The quantitative estimate of drug-likeness (QED) is 0.865. The van der Waals surface area contributed by atoms with Crippen LogP contribution >= 0.6 is 23.2 Å². The highest BCUT2D eigenvalue weighted by Gasteiger charge is 2.09. The van der Waals surface area contributed by atoms with Gasteiger partial charge in [-0.2, -0.15) is 0 Å². The molecule has 0 radical (unpaired) electrons. The number of rotatable bonds is 5. The van der Waals surface area contributed by atoms with E-state index < -0.39 is 0 Å². The first-order valence-corrected chi connectivity index (χ1v) is 6.16. The summed E-state index contributed by atoms with van der Waals surface area (Å²) in [5.41, 5.74) is 0.980. The van der Waals surface area contributed by atoms with Crippen molar-refractivity contribution in [1.29, 1.82) is 0 Å². The van der Waals surface area contributed by atoms with E-state index in [1.807, 2.05) is 13.0 Å². The van der Waals surface area contributed by atoms with E-state index in [1.54, 1.807) is 19.2 Å². The first-order chi connectivity index (χ1) is 8.02. The van der Waals surface area contributed by atoms with Gasteiger partial charge < -0.3 is 10.6 Å². The van der Waals surface area contributed by atoms with E-state index in [0.29, 0.717) is 23.0 Å². The van der Waals surface area contributed by atoms with Gasteiger partial charge in [-0.05, 0) is 38.1 Å². The van der Waals surface area contributed by atoms with Gasteiger partial charge in [0.15, 0.2) is 0 Å². The van der Waals surface area contributed by atoms with Crippen LogP contribution in [0.2, 0.25) is 10.0 Å². The minimum atomic E-state index is -0.0231. The fourth-order valence-corrected chi connectivity index (χ4v) is 2.04. The maximum atomic E-state index is 11.4. The van der Waals surface area contributed by atoms with Crippen LogP contribution in [0, 0.1) is 0 Å². The number of benzene rings is 1. The first kappa shape index (κ1) is 14.3. The number of hydrogen-bond donors (Lipinski definition) is 2. The Balaban J connectivity index is 2.55. The molecule has 0 fully saturated rings. The second-order valence-corrected chi connectivity index (χ2v) is 4.78. The molecule has 1 aromatic carbocycles. The Morgan fingerprint density at radius 3 is 2.71 bits per heavy atom. The van der Waals surface area contributed by atoms with Gasteiger partial charge in [-0.1, -0.05) is 29.3 Å². The van der Waals surface area contributed by atoms with E-state index in [4.69, 9.17) is 23.2 Å². The molecule has 1 atom stereocenters. The van der Waals surface area contributed by atoms with Gasteiger partial charge in [-0.25, -0.2) is 0 Å². The van der Waals surface area contributed by atoms with Crippen molar-refractivity contribution in [2.45, 2.75) is 19.4 Å². The van der Waals surface area contributed by atoms with Crippen LogP contribution in [0.25, 0.3) is 0 Å². The van der Waals surface area contributed by atoms with E-state index >= 15 is 0 Å². The van der Waals surface area contributed by atoms with Crippen LogP contribution in [0.15, 0.2) is 18.2 Å². The van der Waals surface area contributed by atoms with Gasteiger partial charge in [0.1, 0.15) is 0 Å². The van der Waals surface area contributed by atoms with E-state index in [0.717, 1.165) is 5.56 Å². The summed E-state index contributed by atoms with van der Waals surface area (Å²) < 4.78 is 0. The van der Waals surface area contributed by atoms with Gasteiger partial charge in [0.2, 0.25) is 5.91 Å². The smallest absolute Gasteiger partial charge is 0.234 e. The van der Waals surface area contributed by atoms with Crippen molar-refractivity contribution < 1.29 is 4.79 Å². The van der Waals surface area contributed by atoms with Crippen LogP contribution in [0.4, 0.5) is 0 Å². The molecular weight excluding hydrogens is 259 g/mol. The molecule has 0 heterocycles. The van der Waals surface area contributed by atoms with Crippen LogP contribution in [-0.2, 0) is 11.2 Å². The third kappa shape index (κ3) is 4.94. The third-order valence-electron chi connectivity index (χ3n) is 2.29. The molecule has 94 valence electrons. The first-order valence-electron chi connectivity index (χ1n) is 5.41. The summed E-state index contributed by atoms with van der Waals surface area (Å²) in [6.07, 6.45) is 0.686. The second-order valence-electron chi connectivity index (χ2n) is 3.94. The molecule has 17 heavy (non-hydrogen) atoms. The lowest BCUT2D eigenvalue weighted by Gasteiger charge is -2.14. The predicted molar refractivity (Wildman–Crippen MR) is 71.7 cm³/mol. The van der Waals surface area contributed by atoms with Crippen molar-refractivity contribution in [3.8, 4) is 0 Å². The monoisotopic (exact) mass is 274 g/mol. The van der Waals surface area contributed by atoms with E-state index in [1.165, 1.54) is 0 Å². The van der Waals surface area contributed by atoms with Gasteiger partial charge in [0.25, 0.3) is 0 Å². The summed E-state index contributed by atoms with van der Waals surface area (Å²) in [6.45, 7) is 2.26. The molecule has 0 spiro atoms. The van der Waals surface area contributed by atoms with Gasteiger partial charge in [0, 0.05) is 16.1 Å². The SMILES string of the molecule is CNCC(=O)NC(C)Cc1ccc(Cl)cc1Cl. The molecule has 0 bridgehead atoms. The molecule has 2 N–H and O–H groups in total. The Morgan fingerprint density at radius 1 is 1.41 bits per heavy atom. The van der Waals surface area contributed by atoms with Gasteiger partial charge in [-0.3, -0.25) is 4.79 Å². The fourth-order valence-electron chi connectivity index (χ4n) is 1.55. The Morgan fingerprint density at radius 2 is 2.12 bits per heavy atom. The summed E-state index contributed by atoms with van der Waals surface area (Å²) >= 11 is 11.9. The fraction of sp³-hybridized carbons (Fsp3) is 0.417. The number of hydrogen-bond acceptors (Lipinski definition) is 2. The molecule has 1 amide bonds. The maximum absolute atomic E-state index is 11.4. The minimum absolute atomic E-state index is 0.0231. The summed E-state index contributed by atoms with van der Waals surface area (Å²) in [5, 5.41) is 6.93. The molecule has 5 heteroatoms. The van der Waals surface area contributed by atoms with Crippen molar-refractivity contribution in [2.75, 3.05) is 13.6 Å². The lowest BCUT2D eigenvalue weighted by molar-refractivity contribution is -0.120. The number of carbonyl (C=O) groups excluding carboxylic acids is 1. The lowest BCUT2D eigenvalue weighted by atomic mass is 10.1. The zero-order chi connectivity index (χ0) is 12.8. The molecule has 1 rings (SSSR count). The van der Waals surface area contributed by atoms with Gasteiger partial charge in [-0.15, -0.1) is 0 Å². The summed E-state index contributed by atoms with van der Waals surface area (Å²) in [4.78, 5) is 11.4. The predicted octanol–water partition coefficient (Wildman–Crippen LogP) is 2.26. The highest BCUT2D eigenvalue weighted by atomic mass is 35.5. The zero-order valence-electron chi connectivity index (χ0n) is 9.89. The largest absolute Gasteiger partial charge is 0.352 e. The molecule has 0 aliphatic heterocycles. The number of amides is 1. The highest BCUT2D eigenvalue weighted by molar-refractivity contribution is 6.35. The average Bonchev–Trinajstić information content (AvgIpc) is 2.22. The molecule has 1 unspecified atom stereocenters. The summed E-state index contributed by atoms with van der Waals surface area (Å²) in [6, 6.07) is 5.42. The maximum Gasteiger partial charge on any atom is 0.234 e. The van der Waals surface area contributed by atoms with Gasteiger partial charge in [0.05, 0.1) is 6.54 Å². The van der Waals surface area contributed by atoms with E-state index in [9.17, 15) is 4.79 Å². The second kappa shape index (κ2) is 6.84. The normalized spacial score (nSPS) is 12.2. The average molecular weight is 275 g/mol. The molecule has 3 nitrogen and oxygen atoms in total. The van der Waals surface area contributed by atoms with Crippen molar-refractivity contribution >= 4 is 29.1 Å². The van der Waals surface area contributed by atoms with Crippen LogP contribution in [0.1, 0.15) is 12.5 Å². The van der Waals surface area contributed by atoms with Crippen LogP contribution in [0.3, 0.4) is 0 Å². The number of nitrogens with one attached hydrogen (secondary N) is 2. The highest BCUT2D eigenvalue weighted by Crippen LogP contribution is 2.21. The Hall–Kier alpha value is -0.770. The van der Waals surface area contributed by atoms with Crippen molar-refractivity contribution in [3.63, 3.8) is 0 Å². The Bertz CT molecular complexity index is 396. The number of carbonyl (C=O) groups is 1. The molecule has 0 aliphatic rings. The van der Waals surface area contributed by atoms with Crippen molar-refractivity contribution in [2.24, 2.45) is 0 Å². The molecule has 0 saturated heterocycles. The molecule has 1 aromatic rings. The van der Waals surface area contributed by atoms with Crippen LogP contribution < -0.4 is 10.6 Å². The summed E-state index contributed by atoms with van der Waals surface area (Å²) in [7, 11) is 1.74. The third-order valence-corrected chi connectivity index (χ3v) is 2.87. The zero-order valence-corrected chi connectivity index (χ0v) is 11.4. The molecule has 0 aliphatic carbocycles. The Labute approximate surface area is 111 Å². The van der Waals surface area contributed by atoms with Crippen molar-refractivity contribution in [1.82, 2.24) is 10.6 Å². The number of likely N-dealkylation sites (N-methyl/N-ethyl adjacent to an activating group) is 1. The topological polar surface area (TPSA) is 41.1 Å². The molecule has 0 saturated carbocycles. The van der Waals surface area contributed by atoms with E-state index in [-0.39, 0.29) is 11.9 Å². The number of halogens is 2. The van der Waals surface area contributed by atoms with E-state index in [2.05, 4.69) is 10.6 Å². The summed E-state index contributed by atoms with van der Waals surface area (Å²) in [5.74, 6) is -0.0231. The van der Waals surface area contributed by atoms with Crippen molar-refractivity contribution in [3.05, 3.63) is 33.8 Å². The standard InChI is InChI=1S/C12H16Cl2N2O/c1-8(16-12(17)7-15-2)5-9-3-4-10(13)6-11(9)14/h3-4,6,8,15H,5,7H2,1-2H3,(H,16,17). The molecular formula is C12H16Cl2N2O. The lowest BCUT2D eigenvalue weighted by Crippen LogP contribution is -2.39.